The minimum atomic E-state index is -3.83. The molecule has 1 aromatic heterocycles. The fourth-order valence-electron chi connectivity index (χ4n) is 2.98. The number of nitriles is 1. The Hall–Kier alpha value is -2.89. The summed E-state index contributed by atoms with van der Waals surface area (Å²) in [5.41, 5.74) is 2.19. The molecule has 1 aliphatic heterocycles. The van der Waals surface area contributed by atoms with E-state index in [0.717, 1.165) is 5.56 Å². The summed E-state index contributed by atoms with van der Waals surface area (Å²) in [5.74, 6) is -0.245. The van der Waals surface area contributed by atoms with E-state index in [-0.39, 0.29) is 35.1 Å². The molecule has 2 heterocycles. The number of aryl methyl sites for hydroxylation is 2. The average molecular weight is 385 g/mol. The van der Waals surface area contributed by atoms with Crippen LogP contribution in [-0.2, 0) is 23.5 Å². The van der Waals surface area contributed by atoms with E-state index >= 15 is 0 Å². The van der Waals surface area contributed by atoms with Gasteiger partial charge in [-0.3, -0.25) is 4.79 Å². The normalized spacial score (nSPS) is 17.9. The zero-order valence-corrected chi connectivity index (χ0v) is 15.8. The molecule has 1 aliphatic rings. The third kappa shape index (κ3) is 3.52. The Labute approximate surface area is 157 Å². The van der Waals surface area contributed by atoms with Crippen LogP contribution in [0.5, 0.6) is 5.75 Å². The first-order chi connectivity index (χ1) is 12.8. The Morgan fingerprint density at radius 2 is 2.26 bits per heavy atom. The molecule has 0 amide bonds. The smallest absolute Gasteiger partial charge is 0.246 e. The molecule has 27 heavy (non-hydrogen) atoms. The van der Waals surface area contributed by atoms with Gasteiger partial charge in [0.05, 0.1) is 17.7 Å². The molecule has 8 heteroatoms. The first kappa shape index (κ1) is 18.9. The molecule has 0 saturated carbocycles. The number of ether oxygens (including phenoxy) is 1. The fraction of sp³-hybridized carbons (Fsp3) is 0.263. The van der Waals surface area contributed by atoms with Gasteiger partial charge in [0.1, 0.15) is 17.2 Å². The highest BCUT2D eigenvalue weighted by molar-refractivity contribution is 7.89. The minimum Gasteiger partial charge on any atom is -0.488 e. The van der Waals surface area contributed by atoms with E-state index in [1.807, 2.05) is 6.92 Å². The lowest BCUT2D eigenvalue weighted by molar-refractivity contribution is 0.0980. The molecule has 0 radical (unpaired) electrons. The van der Waals surface area contributed by atoms with Gasteiger partial charge in [-0.05, 0) is 24.1 Å². The molecular formula is C19H19N3O4S. The molecule has 3 rings (SSSR count). The molecule has 0 unspecified atom stereocenters. The van der Waals surface area contributed by atoms with Crippen LogP contribution in [0.3, 0.4) is 0 Å². The predicted molar refractivity (Wildman–Crippen MR) is 99.1 cm³/mol. The van der Waals surface area contributed by atoms with Crippen molar-refractivity contribution in [3.05, 3.63) is 59.4 Å². The first-order valence-corrected chi connectivity index (χ1v) is 9.75. The summed E-state index contributed by atoms with van der Waals surface area (Å²) in [4.78, 5) is 12.8. The number of hydrogen-bond acceptors (Lipinski definition) is 5. The quantitative estimate of drug-likeness (QED) is 0.639. The Morgan fingerprint density at radius 1 is 1.52 bits per heavy atom. The SMILES string of the molecule is C=C[C@@H]1COc2c(cn(C)c2C(=O)Cc2ccc(C)c(C#N)c2)S(=O)(=O)N1. The highest BCUT2D eigenvalue weighted by Gasteiger charge is 2.33. The van der Waals surface area contributed by atoms with Gasteiger partial charge in [0.25, 0.3) is 0 Å². The second-order valence-electron chi connectivity index (χ2n) is 6.42. The lowest BCUT2D eigenvalue weighted by Gasteiger charge is -2.11. The Bertz CT molecular complexity index is 1080. The van der Waals surface area contributed by atoms with Crippen molar-refractivity contribution >= 4 is 15.8 Å². The molecule has 0 saturated heterocycles. The largest absolute Gasteiger partial charge is 0.488 e. The zero-order valence-electron chi connectivity index (χ0n) is 15.0. The molecule has 0 spiro atoms. The average Bonchev–Trinajstić information content (AvgIpc) is 2.91. The van der Waals surface area contributed by atoms with E-state index in [1.165, 1.54) is 16.8 Å². The van der Waals surface area contributed by atoms with Crippen LogP contribution in [0.15, 0.2) is 41.9 Å². The van der Waals surface area contributed by atoms with Gasteiger partial charge in [-0.15, -0.1) is 6.58 Å². The Kier molecular flexibility index (Phi) is 4.91. The number of sulfonamides is 1. The van der Waals surface area contributed by atoms with Gasteiger partial charge >= 0.3 is 0 Å². The molecule has 0 aliphatic carbocycles. The maximum absolute atomic E-state index is 12.9. The molecular weight excluding hydrogens is 366 g/mol. The molecule has 7 nitrogen and oxygen atoms in total. The number of carbonyl (C=O) groups excluding carboxylic acids is 1. The summed E-state index contributed by atoms with van der Waals surface area (Å²) in [6.07, 6.45) is 2.84. The summed E-state index contributed by atoms with van der Waals surface area (Å²) in [5, 5.41) is 9.16. The van der Waals surface area contributed by atoms with Crippen LogP contribution in [0.25, 0.3) is 0 Å². The van der Waals surface area contributed by atoms with Crippen molar-refractivity contribution in [3.8, 4) is 11.8 Å². The number of hydrogen-bond donors (Lipinski definition) is 1. The van der Waals surface area contributed by atoms with Gasteiger partial charge in [-0.1, -0.05) is 18.2 Å². The van der Waals surface area contributed by atoms with Crippen LogP contribution in [0.2, 0.25) is 0 Å². The van der Waals surface area contributed by atoms with Crippen LogP contribution in [0, 0.1) is 18.3 Å². The molecule has 1 aromatic carbocycles. The fourth-order valence-corrected chi connectivity index (χ4v) is 4.37. The van der Waals surface area contributed by atoms with Gasteiger partial charge in [-0.2, -0.15) is 5.26 Å². The lowest BCUT2D eigenvalue weighted by Crippen LogP contribution is -2.35. The van der Waals surface area contributed by atoms with Crippen molar-refractivity contribution in [2.75, 3.05) is 6.61 Å². The second-order valence-corrected chi connectivity index (χ2v) is 8.10. The van der Waals surface area contributed by atoms with Crippen LogP contribution in [0.1, 0.15) is 27.2 Å². The van der Waals surface area contributed by atoms with Crippen molar-refractivity contribution in [3.63, 3.8) is 0 Å². The molecule has 0 bridgehead atoms. The number of ketones is 1. The number of nitrogens with zero attached hydrogens (tertiary/aromatic N) is 2. The standard InChI is InChI=1S/C19H19N3O4S/c1-4-15-11-26-19-17(27(24,25)21-15)10-22(3)18(19)16(23)8-13-6-5-12(2)14(7-13)9-20/h4-7,10,15,21H,1,8,11H2,2-3H3/t15-/m1/s1. The number of benzene rings is 1. The number of carbonyl (C=O) groups is 1. The monoisotopic (exact) mass is 385 g/mol. The third-order valence-corrected chi connectivity index (χ3v) is 5.92. The summed E-state index contributed by atoms with van der Waals surface area (Å²) in [6, 6.07) is 6.75. The first-order valence-electron chi connectivity index (χ1n) is 8.26. The highest BCUT2D eigenvalue weighted by atomic mass is 32.2. The van der Waals surface area contributed by atoms with Gasteiger partial charge in [0.2, 0.25) is 10.0 Å². The second kappa shape index (κ2) is 7.02. The van der Waals surface area contributed by atoms with E-state index in [4.69, 9.17) is 10.00 Å². The van der Waals surface area contributed by atoms with Crippen molar-refractivity contribution < 1.29 is 17.9 Å². The van der Waals surface area contributed by atoms with Gasteiger partial charge in [0.15, 0.2) is 11.5 Å². The van der Waals surface area contributed by atoms with E-state index in [1.54, 1.807) is 25.2 Å². The highest BCUT2D eigenvalue weighted by Crippen LogP contribution is 2.33. The van der Waals surface area contributed by atoms with E-state index in [0.29, 0.717) is 11.1 Å². The Balaban J connectivity index is 1.99. The van der Waals surface area contributed by atoms with Crippen LogP contribution >= 0.6 is 0 Å². The van der Waals surface area contributed by atoms with Crippen molar-refractivity contribution in [2.45, 2.75) is 24.3 Å². The number of nitrogens with one attached hydrogen (secondary N) is 1. The summed E-state index contributed by atoms with van der Waals surface area (Å²) >= 11 is 0. The predicted octanol–water partition coefficient (Wildman–Crippen LogP) is 1.86. The molecule has 140 valence electrons. The third-order valence-electron chi connectivity index (χ3n) is 4.44. The number of rotatable bonds is 4. The molecule has 1 atom stereocenters. The van der Waals surface area contributed by atoms with Crippen molar-refractivity contribution in [1.82, 2.24) is 9.29 Å². The number of Topliss-reactive ketones (excluding diaryl/α,β-unsaturated/α-hetero) is 1. The van der Waals surface area contributed by atoms with Gasteiger partial charge < -0.3 is 9.30 Å². The van der Waals surface area contributed by atoms with Crippen LogP contribution < -0.4 is 9.46 Å². The van der Waals surface area contributed by atoms with Crippen LogP contribution in [-0.4, -0.2) is 31.4 Å². The van der Waals surface area contributed by atoms with Gasteiger partial charge in [-0.25, -0.2) is 13.1 Å². The van der Waals surface area contributed by atoms with Crippen molar-refractivity contribution in [2.24, 2.45) is 7.05 Å². The minimum absolute atomic E-state index is 0.0287. The van der Waals surface area contributed by atoms with Gasteiger partial charge in [0, 0.05) is 19.7 Å². The molecule has 2 aromatic rings. The van der Waals surface area contributed by atoms with E-state index < -0.39 is 16.1 Å². The van der Waals surface area contributed by atoms with E-state index in [9.17, 15) is 13.2 Å². The number of aromatic nitrogens is 1. The maximum atomic E-state index is 12.9. The summed E-state index contributed by atoms with van der Waals surface area (Å²) < 4.78 is 34.7. The topological polar surface area (TPSA) is 101 Å². The maximum Gasteiger partial charge on any atom is 0.246 e. The van der Waals surface area contributed by atoms with E-state index in [2.05, 4.69) is 17.4 Å². The Morgan fingerprint density at radius 3 is 2.93 bits per heavy atom. The number of fused-ring (bicyclic) bond motifs is 1. The molecule has 1 N–H and O–H groups in total. The van der Waals surface area contributed by atoms with Crippen molar-refractivity contribution in [1.29, 1.82) is 5.26 Å². The summed E-state index contributed by atoms with van der Waals surface area (Å²) in [6.45, 7) is 5.45. The zero-order chi connectivity index (χ0) is 19.8. The molecule has 0 fully saturated rings. The summed E-state index contributed by atoms with van der Waals surface area (Å²) in [7, 11) is -2.23. The van der Waals surface area contributed by atoms with Crippen LogP contribution in [0.4, 0.5) is 0 Å². The lowest BCUT2D eigenvalue weighted by atomic mass is 10.0.